The molecule has 3 N–H and O–H groups in total. The molecule has 0 aromatic rings. The highest BCUT2D eigenvalue weighted by molar-refractivity contribution is 5.87. The molecule has 0 bridgehead atoms. The van der Waals surface area contributed by atoms with Crippen LogP contribution >= 0.6 is 0 Å². The van der Waals surface area contributed by atoms with Gasteiger partial charge in [0, 0.05) is 13.1 Å². The summed E-state index contributed by atoms with van der Waals surface area (Å²) in [6, 6.07) is -0.591. The van der Waals surface area contributed by atoms with Gasteiger partial charge in [0.2, 0.25) is 11.8 Å². The molecule has 104 valence electrons. The Hall–Kier alpha value is -1.10. The fourth-order valence-corrected chi connectivity index (χ4v) is 1.92. The molecular formula is C13H25N3O2. The lowest BCUT2D eigenvalue weighted by molar-refractivity contribution is -0.134. The van der Waals surface area contributed by atoms with Crippen LogP contribution in [0.2, 0.25) is 0 Å². The summed E-state index contributed by atoms with van der Waals surface area (Å²) in [7, 11) is 0. The third-order valence-electron chi connectivity index (χ3n) is 3.34. The van der Waals surface area contributed by atoms with E-state index in [-0.39, 0.29) is 23.8 Å². The highest BCUT2D eigenvalue weighted by Crippen LogP contribution is 2.17. The molecule has 1 saturated heterocycles. The number of nitrogens with two attached hydrogens (primary N) is 1. The standard InChI is InChI=1S/C13H25N3O2/c1-13(2,3)11(14)12(18)15-9-10(17)16-7-5-4-6-8-16/h11H,4-9,14H2,1-3H3,(H,15,18)/t11-/m0/s1. The number of hydrogen-bond acceptors (Lipinski definition) is 3. The molecular weight excluding hydrogens is 230 g/mol. The van der Waals surface area contributed by atoms with Gasteiger partial charge in [-0.05, 0) is 24.7 Å². The summed E-state index contributed by atoms with van der Waals surface area (Å²) < 4.78 is 0. The summed E-state index contributed by atoms with van der Waals surface area (Å²) in [6.07, 6.45) is 3.30. The van der Waals surface area contributed by atoms with E-state index in [2.05, 4.69) is 5.32 Å². The molecule has 0 radical (unpaired) electrons. The van der Waals surface area contributed by atoms with Crippen LogP contribution in [-0.4, -0.2) is 42.4 Å². The summed E-state index contributed by atoms with van der Waals surface area (Å²) in [5.74, 6) is -0.267. The molecule has 5 heteroatoms. The maximum absolute atomic E-state index is 11.8. The van der Waals surface area contributed by atoms with Gasteiger partial charge in [0.05, 0.1) is 12.6 Å². The lowest BCUT2D eigenvalue weighted by Crippen LogP contribution is -2.51. The first kappa shape index (κ1) is 15.0. The van der Waals surface area contributed by atoms with E-state index in [9.17, 15) is 9.59 Å². The maximum Gasteiger partial charge on any atom is 0.241 e. The average molecular weight is 255 g/mol. The van der Waals surface area contributed by atoms with Crippen LogP contribution < -0.4 is 11.1 Å². The van der Waals surface area contributed by atoms with Gasteiger partial charge < -0.3 is 16.0 Å². The molecule has 1 fully saturated rings. The molecule has 0 spiro atoms. The van der Waals surface area contributed by atoms with Gasteiger partial charge >= 0.3 is 0 Å². The normalized spacial score (nSPS) is 18.3. The highest BCUT2D eigenvalue weighted by atomic mass is 16.2. The molecule has 5 nitrogen and oxygen atoms in total. The SMILES string of the molecule is CC(C)(C)[C@@H](N)C(=O)NCC(=O)N1CCCCC1. The number of rotatable bonds is 3. The van der Waals surface area contributed by atoms with Gasteiger partial charge in [-0.3, -0.25) is 9.59 Å². The van der Waals surface area contributed by atoms with Crippen LogP contribution in [0.3, 0.4) is 0 Å². The molecule has 0 unspecified atom stereocenters. The van der Waals surface area contributed by atoms with Crippen molar-refractivity contribution < 1.29 is 9.59 Å². The van der Waals surface area contributed by atoms with Crippen LogP contribution in [0.5, 0.6) is 0 Å². The predicted octanol–water partition coefficient (Wildman–Crippen LogP) is 0.489. The van der Waals surface area contributed by atoms with Gasteiger partial charge in [-0.25, -0.2) is 0 Å². The molecule has 2 amide bonds. The van der Waals surface area contributed by atoms with E-state index in [1.54, 1.807) is 0 Å². The van der Waals surface area contributed by atoms with Crippen molar-refractivity contribution in [3.8, 4) is 0 Å². The van der Waals surface area contributed by atoms with Crippen LogP contribution in [0, 0.1) is 5.41 Å². The topological polar surface area (TPSA) is 75.4 Å². The number of amides is 2. The first-order valence-electron chi connectivity index (χ1n) is 6.63. The van der Waals surface area contributed by atoms with Crippen LogP contribution in [0.25, 0.3) is 0 Å². The minimum absolute atomic E-state index is 0.0100. The average Bonchev–Trinajstić information content (AvgIpc) is 2.34. The van der Waals surface area contributed by atoms with Crippen LogP contribution in [0.1, 0.15) is 40.0 Å². The third-order valence-corrected chi connectivity index (χ3v) is 3.34. The Bertz CT molecular complexity index is 304. The van der Waals surface area contributed by atoms with Crippen molar-refractivity contribution >= 4 is 11.8 Å². The lowest BCUT2D eigenvalue weighted by Gasteiger charge is -2.28. The number of piperidine rings is 1. The fourth-order valence-electron chi connectivity index (χ4n) is 1.92. The number of nitrogens with one attached hydrogen (secondary N) is 1. The van der Waals surface area contributed by atoms with E-state index in [0.717, 1.165) is 25.9 Å². The minimum Gasteiger partial charge on any atom is -0.346 e. The summed E-state index contributed by atoms with van der Waals surface area (Å²) in [4.78, 5) is 25.4. The highest BCUT2D eigenvalue weighted by Gasteiger charge is 2.28. The quantitative estimate of drug-likeness (QED) is 0.770. The Morgan fingerprint density at radius 2 is 1.78 bits per heavy atom. The second kappa shape index (κ2) is 6.18. The molecule has 1 aliphatic heterocycles. The summed E-state index contributed by atoms with van der Waals surface area (Å²) in [6.45, 7) is 7.39. The molecule has 0 aromatic carbocycles. The van der Waals surface area contributed by atoms with Crippen molar-refractivity contribution in [1.29, 1.82) is 0 Å². The van der Waals surface area contributed by atoms with Crippen molar-refractivity contribution in [2.45, 2.75) is 46.1 Å². The summed E-state index contributed by atoms with van der Waals surface area (Å²) in [5, 5.41) is 2.63. The van der Waals surface area contributed by atoms with E-state index >= 15 is 0 Å². The molecule has 1 aliphatic rings. The first-order chi connectivity index (χ1) is 8.32. The predicted molar refractivity (Wildman–Crippen MR) is 70.9 cm³/mol. The van der Waals surface area contributed by atoms with Crippen LogP contribution in [0.15, 0.2) is 0 Å². The van der Waals surface area contributed by atoms with Gasteiger partial charge in [0.25, 0.3) is 0 Å². The number of hydrogen-bond donors (Lipinski definition) is 2. The molecule has 1 atom stereocenters. The van der Waals surface area contributed by atoms with Crippen molar-refractivity contribution in [2.24, 2.45) is 11.1 Å². The Balaban J connectivity index is 2.36. The molecule has 1 heterocycles. The molecule has 1 rings (SSSR count). The molecule has 18 heavy (non-hydrogen) atoms. The van der Waals surface area contributed by atoms with Crippen molar-refractivity contribution in [1.82, 2.24) is 10.2 Å². The van der Waals surface area contributed by atoms with E-state index < -0.39 is 6.04 Å². The van der Waals surface area contributed by atoms with Crippen molar-refractivity contribution in [2.75, 3.05) is 19.6 Å². The second-order valence-corrected chi connectivity index (χ2v) is 6.00. The van der Waals surface area contributed by atoms with Gasteiger partial charge in [-0.15, -0.1) is 0 Å². The fraction of sp³-hybridized carbons (Fsp3) is 0.846. The zero-order valence-corrected chi connectivity index (χ0v) is 11.7. The Labute approximate surface area is 109 Å². The number of nitrogens with zero attached hydrogens (tertiary/aromatic N) is 1. The third kappa shape index (κ3) is 4.29. The van der Waals surface area contributed by atoms with E-state index in [1.165, 1.54) is 6.42 Å². The molecule has 0 saturated carbocycles. The van der Waals surface area contributed by atoms with E-state index in [0.29, 0.717) is 0 Å². The number of likely N-dealkylation sites (tertiary alicyclic amines) is 1. The zero-order valence-electron chi connectivity index (χ0n) is 11.7. The largest absolute Gasteiger partial charge is 0.346 e. The minimum atomic E-state index is -0.591. The lowest BCUT2D eigenvalue weighted by atomic mass is 9.87. The van der Waals surface area contributed by atoms with E-state index in [1.807, 2.05) is 25.7 Å². The smallest absolute Gasteiger partial charge is 0.241 e. The zero-order chi connectivity index (χ0) is 13.8. The van der Waals surface area contributed by atoms with Crippen LogP contribution in [-0.2, 0) is 9.59 Å². The van der Waals surface area contributed by atoms with Crippen molar-refractivity contribution in [3.05, 3.63) is 0 Å². The number of carbonyl (C=O) groups is 2. The summed E-state index contributed by atoms with van der Waals surface area (Å²) >= 11 is 0. The number of carbonyl (C=O) groups excluding carboxylic acids is 2. The summed E-state index contributed by atoms with van der Waals surface area (Å²) in [5.41, 5.74) is 5.53. The second-order valence-electron chi connectivity index (χ2n) is 6.00. The molecule has 0 aromatic heterocycles. The van der Waals surface area contributed by atoms with Gasteiger partial charge in [-0.2, -0.15) is 0 Å². The van der Waals surface area contributed by atoms with Gasteiger partial charge in [0.1, 0.15) is 0 Å². The van der Waals surface area contributed by atoms with Gasteiger partial charge in [0.15, 0.2) is 0 Å². The maximum atomic E-state index is 11.8. The Kier molecular flexibility index (Phi) is 5.14. The monoisotopic (exact) mass is 255 g/mol. The Morgan fingerprint density at radius 1 is 1.22 bits per heavy atom. The van der Waals surface area contributed by atoms with Crippen molar-refractivity contribution in [3.63, 3.8) is 0 Å². The van der Waals surface area contributed by atoms with Gasteiger partial charge in [-0.1, -0.05) is 20.8 Å². The Morgan fingerprint density at radius 3 is 2.28 bits per heavy atom. The first-order valence-corrected chi connectivity index (χ1v) is 6.63. The van der Waals surface area contributed by atoms with E-state index in [4.69, 9.17) is 5.73 Å². The molecule has 0 aliphatic carbocycles. The van der Waals surface area contributed by atoms with Crippen LogP contribution in [0.4, 0.5) is 0 Å².